The molecule has 0 aliphatic carbocycles. The first-order valence-electron chi connectivity index (χ1n) is 11.6. The van der Waals surface area contributed by atoms with E-state index in [0.717, 1.165) is 25.0 Å². The van der Waals surface area contributed by atoms with Crippen LogP contribution in [0.1, 0.15) is 37.9 Å². The van der Waals surface area contributed by atoms with Crippen molar-refractivity contribution in [3.63, 3.8) is 0 Å². The zero-order chi connectivity index (χ0) is 24.9. The summed E-state index contributed by atoms with van der Waals surface area (Å²) in [6.45, 7) is 4.80. The van der Waals surface area contributed by atoms with Gasteiger partial charge in [0.1, 0.15) is 11.6 Å². The zero-order valence-electron chi connectivity index (χ0n) is 20.1. The third kappa shape index (κ3) is 5.62. The summed E-state index contributed by atoms with van der Waals surface area (Å²) >= 11 is 0. The summed E-state index contributed by atoms with van der Waals surface area (Å²) in [5.41, 5.74) is 2.02. The monoisotopic (exact) mass is 485 g/mol. The minimum atomic E-state index is -0.834. The highest BCUT2D eigenvalue weighted by Gasteiger charge is 2.27. The lowest BCUT2D eigenvalue weighted by atomic mass is 10.1. The van der Waals surface area contributed by atoms with E-state index in [0.29, 0.717) is 42.3 Å². The van der Waals surface area contributed by atoms with Gasteiger partial charge in [-0.3, -0.25) is 4.79 Å². The van der Waals surface area contributed by atoms with E-state index in [2.05, 4.69) is 0 Å². The maximum Gasteiger partial charge on any atom is 0.228 e. The summed E-state index contributed by atoms with van der Waals surface area (Å²) in [5.74, 6) is -0.858. The van der Waals surface area contributed by atoms with Gasteiger partial charge in [-0.25, -0.2) is 13.5 Å². The Hall–Kier alpha value is -3.46. The minimum Gasteiger partial charge on any atom is -0.497 e. The standard InChI is InChI=1S/C26H29F2N3O4/c1-4-24-22(16-30(17(2)32)15-21-6-5-13-34-21)26(35-25-12-7-18(27)14-23(25)28)31(29-24)19-8-10-20(33-3)11-9-19/h7-12,14,21H,4-6,13,15-16H2,1-3H3/t21-/m0/s1. The summed E-state index contributed by atoms with van der Waals surface area (Å²) in [6, 6.07) is 10.3. The lowest BCUT2D eigenvalue weighted by Gasteiger charge is -2.24. The number of carbonyl (C=O) groups is 1. The van der Waals surface area contributed by atoms with Gasteiger partial charge in [0.2, 0.25) is 11.8 Å². The molecule has 1 amide bonds. The molecule has 0 radical (unpaired) electrons. The molecule has 1 fully saturated rings. The summed E-state index contributed by atoms with van der Waals surface area (Å²) in [7, 11) is 1.58. The highest BCUT2D eigenvalue weighted by molar-refractivity contribution is 5.73. The molecule has 2 heterocycles. The van der Waals surface area contributed by atoms with Crippen LogP contribution in [0, 0.1) is 11.6 Å². The van der Waals surface area contributed by atoms with Crippen molar-refractivity contribution in [1.82, 2.24) is 14.7 Å². The Balaban J connectivity index is 1.78. The average molecular weight is 486 g/mol. The third-order valence-electron chi connectivity index (χ3n) is 6.01. The van der Waals surface area contributed by atoms with Crippen LogP contribution in [0.3, 0.4) is 0 Å². The van der Waals surface area contributed by atoms with E-state index in [-0.39, 0.29) is 30.2 Å². The van der Waals surface area contributed by atoms with Crippen LogP contribution in [0.25, 0.3) is 5.69 Å². The molecule has 0 N–H and O–H groups in total. The van der Waals surface area contributed by atoms with Crippen LogP contribution in [0.2, 0.25) is 0 Å². The van der Waals surface area contributed by atoms with Crippen molar-refractivity contribution >= 4 is 5.91 Å². The van der Waals surface area contributed by atoms with Gasteiger partial charge < -0.3 is 19.1 Å². The Morgan fingerprint density at radius 2 is 2.00 bits per heavy atom. The second kappa shape index (κ2) is 10.9. The average Bonchev–Trinajstić information content (AvgIpc) is 3.48. The van der Waals surface area contributed by atoms with Crippen molar-refractivity contribution in [2.45, 2.75) is 45.8 Å². The van der Waals surface area contributed by atoms with E-state index >= 15 is 0 Å². The number of benzene rings is 2. The van der Waals surface area contributed by atoms with Crippen LogP contribution in [-0.2, 0) is 22.5 Å². The molecule has 0 spiro atoms. The van der Waals surface area contributed by atoms with E-state index in [4.69, 9.17) is 19.3 Å². The van der Waals surface area contributed by atoms with E-state index in [1.54, 1.807) is 41.0 Å². The molecular formula is C26H29F2N3O4. The fourth-order valence-corrected chi connectivity index (χ4v) is 4.12. The molecule has 0 bridgehead atoms. The van der Waals surface area contributed by atoms with Crippen molar-refractivity contribution in [1.29, 1.82) is 0 Å². The van der Waals surface area contributed by atoms with Gasteiger partial charge in [-0.05, 0) is 55.7 Å². The summed E-state index contributed by atoms with van der Waals surface area (Å²) in [6.07, 6.45) is 2.38. The lowest BCUT2D eigenvalue weighted by molar-refractivity contribution is -0.131. The second-order valence-corrected chi connectivity index (χ2v) is 8.41. The first kappa shape index (κ1) is 24.7. The smallest absolute Gasteiger partial charge is 0.228 e. The first-order chi connectivity index (χ1) is 16.9. The maximum atomic E-state index is 14.6. The van der Waals surface area contributed by atoms with Gasteiger partial charge in [0.05, 0.1) is 36.7 Å². The minimum absolute atomic E-state index is 0.0282. The van der Waals surface area contributed by atoms with Crippen LogP contribution in [0.5, 0.6) is 17.4 Å². The van der Waals surface area contributed by atoms with E-state index < -0.39 is 11.6 Å². The zero-order valence-corrected chi connectivity index (χ0v) is 20.1. The Labute approximate surface area is 203 Å². The molecule has 9 heteroatoms. The second-order valence-electron chi connectivity index (χ2n) is 8.41. The highest BCUT2D eigenvalue weighted by Crippen LogP contribution is 2.34. The van der Waals surface area contributed by atoms with Crippen LogP contribution < -0.4 is 9.47 Å². The maximum absolute atomic E-state index is 14.6. The van der Waals surface area contributed by atoms with Crippen molar-refractivity contribution < 1.29 is 27.8 Å². The molecule has 1 aromatic heterocycles. The molecule has 186 valence electrons. The number of ether oxygens (including phenoxy) is 3. The Morgan fingerprint density at radius 3 is 2.60 bits per heavy atom. The van der Waals surface area contributed by atoms with Gasteiger partial charge in [-0.1, -0.05) is 6.92 Å². The van der Waals surface area contributed by atoms with Crippen molar-refractivity contribution in [2.24, 2.45) is 0 Å². The SMILES string of the molecule is CCc1nn(-c2ccc(OC)cc2)c(Oc2ccc(F)cc2F)c1CN(C[C@@H]1CCCO1)C(C)=O. The lowest BCUT2D eigenvalue weighted by Crippen LogP contribution is -2.35. The van der Waals surface area contributed by atoms with E-state index in [1.165, 1.54) is 13.0 Å². The number of methoxy groups -OCH3 is 1. The predicted octanol–water partition coefficient (Wildman–Crippen LogP) is 5.04. The number of halogens is 2. The van der Waals surface area contributed by atoms with Crippen LogP contribution in [-0.4, -0.2) is 47.0 Å². The fraction of sp³-hybridized carbons (Fsp3) is 0.385. The van der Waals surface area contributed by atoms with Gasteiger partial charge >= 0.3 is 0 Å². The number of rotatable bonds is 9. The number of hydrogen-bond donors (Lipinski definition) is 0. The molecule has 1 atom stereocenters. The third-order valence-corrected chi connectivity index (χ3v) is 6.01. The number of hydrogen-bond acceptors (Lipinski definition) is 5. The van der Waals surface area contributed by atoms with Crippen molar-refractivity contribution in [2.75, 3.05) is 20.3 Å². The predicted molar refractivity (Wildman–Crippen MR) is 126 cm³/mol. The van der Waals surface area contributed by atoms with E-state index in [1.807, 2.05) is 6.92 Å². The number of carbonyl (C=O) groups excluding carboxylic acids is 1. The quantitative estimate of drug-likeness (QED) is 0.425. The number of aromatic nitrogens is 2. The van der Waals surface area contributed by atoms with Crippen LogP contribution in [0.15, 0.2) is 42.5 Å². The van der Waals surface area contributed by atoms with Gasteiger partial charge in [0, 0.05) is 26.1 Å². The van der Waals surface area contributed by atoms with Crippen molar-refractivity contribution in [3.8, 4) is 23.1 Å². The molecule has 1 aliphatic heterocycles. The largest absolute Gasteiger partial charge is 0.497 e. The Morgan fingerprint density at radius 1 is 1.23 bits per heavy atom. The molecule has 2 aromatic carbocycles. The fourth-order valence-electron chi connectivity index (χ4n) is 4.12. The topological polar surface area (TPSA) is 65.8 Å². The molecule has 7 nitrogen and oxygen atoms in total. The highest BCUT2D eigenvalue weighted by atomic mass is 19.1. The Kier molecular flexibility index (Phi) is 7.65. The molecule has 35 heavy (non-hydrogen) atoms. The molecular weight excluding hydrogens is 456 g/mol. The molecule has 0 unspecified atom stereocenters. The molecule has 4 rings (SSSR count). The van der Waals surface area contributed by atoms with Gasteiger partial charge in [0.15, 0.2) is 11.6 Å². The molecule has 1 saturated heterocycles. The Bertz CT molecular complexity index is 1170. The van der Waals surface area contributed by atoms with Crippen molar-refractivity contribution in [3.05, 3.63) is 65.4 Å². The number of amides is 1. The summed E-state index contributed by atoms with van der Waals surface area (Å²) in [4.78, 5) is 14.2. The number of aryl methyl sites for hydroxylation is 1. The van der Waals surface area contributed by atoms with E-state index in [9.17, 15) is 13.6 Å². The molecule has 0 saturated carbocycles. The summed E-state index contributed by atoms with van der Waals surface area (Å²) in [5, 5.41) is 4.73. The van der Waals surface area contributed by atoms with Gasteiger partial charge in [-0.15, -0.1) is 0 Å². The molecule has 1 aliphatic rings. The first-order valence-corrected chi connectivity index (χ1v) is 11.6. The normalized spacial score (nSPS) is 15.3. The molecule has 3 aromatic rings. The van der Waals surface area contributed by atoms with Crippen LogP contribution in [0.4, 0.5) is 8.78 Å². The van der Waals surface area contributed by atoms with Gasteiger partial charge in [-0.2, -0.15) is 5.10 Å². The summed E-state index contributed by atoms with van der Waals surface area (Å²) < 4.78 is 46.7. The number of nitrogens with zero attached hydrogens (tertiary/aromatic N) is 3. The van der Waals surface area contributed by atoms with Gasteiger partial charge in [0.25, 0.3) is 0 Å². The van der Waals surface area contributed by atoms with Crippen LogP contribution >= 0.6 is 0 Å².